The van der Waals surface area contributed by atoms with Gasteiger partial charge in [0.1, 0.15) is 6.61 Å². The highest BCUT2D eigenvalue weighted by molar-refractivity contribution is 9.10. The van der Waals surface area contributed by atoms with Crippen molar-refractivity contribution in [3.8, 4) is 6.01 Å². The second-order valence-electron chi connectivity index (χ2n) is 4.46. The second kappa shape index (κ2) is 6.91. The average Bonchev–Trinajstić information content (AvgIpc) is 2.25. The fraction of sp³-hybridized carbons (Fsp3) is 0.667. The highest BCUT2D eigenvalue weighted by Crippen LogP contribution is 2.09. The molecule has 0 N–H and O–H groups in total. The summed E-state index contributed by atoms with van der Waals surface area (Å²) in [5, 5.41) is 0. The molecule has 1 aromatic heterocycles. The van der Waals surface area contributed by atoms with Gasteiger partial charge in [-0.3, -0.25) is 4.90 Å². The third-order valence-electron chi connectivity index (χ3n) is 2.50. The van der Waals surface area contributed by atoms with Gasteiger partial charge in [-0.15, -0.1) is 0 Å². The molecule has 0 unspecified atom stereocenters. The molecule has 0 aromatic carbocycles. The molecule has 4 nitrogen and oxygen atoms in total. The number of hydrogen-bond donors (Lipinski definition) is 0. The SMILES string of the molecule is CC(C)N(CCOc1ncc(Br)cn1)C(C)C. The van der Waals surface area contributed by atoms with Gasteiger partial charge in [-0.05, 0) is 43.6 Å². The predicted molar refractivity (Wildman–Crippen MR) is 72.2 cm³/mol. The van der Waals surface area contributed by atoms with E-state index in [-0.39, 0.29) is 0 Å². The van der Waals surface area contributed by atoms with E-state index in [1.807, 2.05) is 0 Å². The van der Waals surface area contributed by atoms with Crippen LogP contribution in [0.2, 0.25) is 0 Å². The highest BCUT2D eigenvalue weighted by Gasteiger charge is 2.12. The van der Waals surface area contributed by atoms with Gasteiger partial charge in [0.2, 0.25) is 0 Å². The summed E-state index contributed by atoms with van der Waals surface area (Å²) < 4.78 is 6.36. The lowest BCUT2D eigenvalue weighted by molar-refractivity contribution is 0.138. The molecule has 1 aromatic rings. The van der Waals surface area contributed by atoms with Crippen molar-refractivity contribution in [3.63, 3.8) is 0 Å². The minimum absolute atomic E-state index is 0.431. The van der Waals surface area contributed by atoms with E-state index in [1.54, 1.807) is 12.4 Å². The summed E-state index contributed by atoms with van der Waals surface area (Å²) in [6.45, 7) is 10.3. The minimum atomic E-state index is 0.431. The Morgan fingerprint density at radius 1 is 1.18 bits per heavy atom. The van der Waals surface area contributed by atoms with Gasteiger partial charge in [-0.25, -0.2) is 9.97 Å². The van der Waals surface area contributed by atoms with Crippen molar-refractivity contribution in [2.45, 2.75) is 39.8 Å². The Kier molecular flexibility index (Phi) is 5.85. The normalized spacial score (nSPS) is 11.5. The molecule has 0 bridgehead atoms. The molecule has 0 radical (unpaired) electrons. The van der Waals surface area contributed by atoms with Crippen LogP contribution >= 0.6 is 15.9 Å². The molecule has 0 saturated carbocycles. The number of rotatable bonds is 6. The summed E-state index contributed by atoms with van der Waals surface area (Å²) >= 11 is 3.29. The lowest BCUT2D eigenvalue weighted by Gasteiger charge is -2.30. The average molecular weight is 302 g/mol. The standard InChI is InChI=1S/C12H20BrN3O/c1-9(2)16(10(3)4)5-6-17-12-14-7-11(13)8-15-12/h7-10H,5-6H2,1-4H3. The van der Waals surface area contributed by atoms with E-state index in [1.165, 1.54) is 0 Å². The first-order valence-electron chi connectivity index (χ1n) is 5.86. The van der Waals surface area contributed by atoms with E-state index in [0.29, 0.717) is 24.7 Å². The van der Waals surface area contributed by atoms with Crippen molar-refractivity contribution in [3.05, 3.63) is 16.9 Å². The Bertz CT molecular complexity index is 319. The third-order valence-corrected chi connectivity index (χ3v) is 2.91. The number of halogens is 1. The number of ether oxygens (including phenoxy) is 1. The Hall–Kier alpha value is -0.680. The summed E-state index contributed by atoms with van der Waals surface area (Å²) in [5.74, 6) is 0. The molecule has 0 saturated heterocycles. The molecule has 1 heterocycles. The van der Waals surface area contributed by atoms with Crippen LogP contribution in [0, 0.1) is 0 Å². The van der Waals surface area contributed by atoms with Gasteiger partial charge in [0, 0.05) is 31.0 Å². The second-order valence-corrected chi connectivity index (χ2v) is 5.37. The molecular weight excluding hydrogens is 282 g/mol. The van der Waals surface area contributed by atoms with Crippen LogP contribution in [0.5, 0.6) is 6.01 Å². The first kappa shape index (κ1) is 14.4. The van der Waals surface area contributed by atoms with Gasteiger partial charge in [0.25, 0.3) is 0 Å². The molecule has 0 fully saturated rings. The van der Waals surface area contributed by atoms with Crippen molar-refractivity contribution in [2.24, 2.45) is 0 Å². The first-order chi connectivity index (χ1) is 8.00. The van der Waals surface area contributed by atoms with Gasteiger partial charge in [-0.1, -0.05) is 0 Å². The van der Waals surface area contributed by atoms with Gasteiger partial charge in [0.15, 0.2) is 0 Å². The molecule has 0 amide bonds. The Balaban J connectivity index is 2.38. The van der Waals surface area contributed by atoms with Gasteiger partial charge in [0.05, 0.1) is 4.47 Å². The zero-order valence-electron chi connectivity index (χ0n) is 10.9. The molecule has 0 aliphatic heterocycles. The lowest BCUT2D eigenvalue weighted by atomic mass is 10.2. The Labute approximate surface area is 112 Å². The summed E-state index contributed by atoms with van der Waals surface area (Å²) in [6, 6.07) is 1.47. The molecular formula is C12H20BrN3O. The van der Waals surface area contributed by atoms with Crippen LogP contribution in [0.25, 0.3) is 0 Å². The van der Waals surface area contributed by atoms with Crippen LogP contribution in [0.3, 0.4) is 0 Å². The van der Waals surface area contributed by atoms with Gasteiger partial charge >= 0.3 is 6.01 Å². The zero-order chi connectivity index (χ0) is 12.8. The van der Waals surface area contributed by atoms with Crippen molar-refractivity contribution in [1.29, 1.82) is 0 Å². The predicted octanol–water partition coefficient (Wildman–Crippen LogP) is 2.74. The van der Waals surface area contributed by atoms with E-state index < -0.39 is 0 Å². The highest BCUT2D eigenvalue weighted by atomic mass is 79.9. The number of aromatic nitrogens is 2. The van der Waals surface area contributed by atoms with Crippen molar-refractivity contribution in [1.82, 2.24) is 14.9 Å². The smallest absolute Gasteiger partial charge is 0.316 e. The van der Waals surface area contributed by atoms with E-state index in [9.17, 15) is 0 Å². The molecule has 0 aliphatic carbocycles. The van der Waals surface area contributed by atoms with Crippen LogP contribution < -0.4 is 4.74 Å². The van der Waals surface area contributed by atoms with E-state index in [4.69, 9.17) is 4.74 Å². The number of nitrogens with zero attached hydrogens (tertiary/aromatic N) is 3. The van der Waals surface area contributed by atoms with Crippen molar-refractivity contribution < 1.29 is 4.74 Å². The molecule has 17 heavy (non-hydrogen) atoms. The molecule has 1 rings (SSSR count). The van der Waals surface area contributed by atoms with Gasteiger partial charge < -0.3 is 4.74 Å². The van der Waals surface area contributed by atoms with Crippen molar-refractivity contribution in [2.75, 3.05) is 13.2 Å². The van der Waals surface area contributed by atoms with Crippen LogP contribution in [0.15, 0.2) is 16.9 Å². The summed E-state index contributed by atoms with van der Waals surface area (Å²) in [6.07, 6.45) is 3.37. The van der Waals surface area contributed by atoms with E-state index >= 15 is 0 Å². The lowest BCUT2D eigenvalue weighted by Crippen LogP contribution is -2.39. The summed E-state index contributed by atoms with van der Waals surface area (Å²) in [7, 11) is 0. The van der Waals surface area contributed by atoms with Crippen LogP contribution in [-0.2, 0) is 0 Å². The maximum absolute atomic E-state index is 5.51. The fourth-order valence-corrected chi connectivity index (χ4v) is 1.93. The molecule has 96 valence electrons. The maximum Gasteiger partial charge on any atom is 0.316 e. The Morgan fingerprint density at radius 3 is 2.18 bits per heavy atom. The van der Waals surface area contributed by atoms with Gasteiger partial charge in [-0.2, -0.15) is 0 Å². The van der Waals surface area contributed by atoms with E-state index in [2.05, 4.69) is 58.5 Å². The zero-order valence-corrected chi connectivity index (χ0v) is 12.4. The van der Waals surface area contributed by atoms with Crippen LogP contribution in [0.1, 0.15) is 27.7 Å². The van der Waals surface area contributed by atoms with Crippen molar-refractivity contribution >= 4 is 15.9 Å². The third kappa shape index (κ3) is 5.00. The number of hydrogen-bond acceptors (Lipinski definition) is 4. The minimum Gasteiger partial charge on any atom is -0.462 e. The fourth-order valence-electron chi connectivity index (χ4n) is 1.73. The maximum atomic E-state index is 5.51. The summed E-state index contributed by atoms with van der Waals surface area (Å²) in [5.41, 5.74) is 0. The van der Waals surface area contributed by atoms with E-state index in [0.717, 1.165) is 11.0 Å². The quantitative estimate of drug-likeness (QED) is 0.810. The monoisotopic (exact) mass is 301 g/mol. The largest absolute Gasteiger partial charge is 0.462 e. The summed E-state index contributed by atoms with van der Waals surface area (Å²) in [4.78, 5) is 10.5. The molecule has 0 atom stereocenters. The van der Waals surface area contributed by atoms with Crippen LogP contribution in [-0.4, -0.2) is 40.1 Å². The molecule has 0 spiro atoms. The van der Waals surface area contributed by atoms with Crippen LogP contribution in [0.4, 0.5) is 0 Å². The Morgan fingerprint density at radius 2 is 1.71 bits per heavy atom. The first-order valence-corrected chi connectivity index (χ1v) is 6.66. The molecule has 5 heteroatoms. The molecule has 0 aliphatic rings. The topological polar surface area (TPSA) is 38.2 Å².